The zero-order valence-corrected chi connectivity index (χ0v) is 14.5. The van der Waals surface area contributed by atoms with Gasteiger partial charge in [0.1, 0.15) is 0 Å². The van der Waals surface area contributed by atoms with Gasteiger partial charge in [0.05, 0.1) is 17.9 Å². The number of allylic oxidation sites excluding steroid dienone is 2. The molecule has 1 aliphatic rings. The number of carbonyl (C=O) groups is 2. The molecule has 1 N–H and O–H groups in total. The molecule has 0 heterocycles. The lowest BCUT2D eigenvalue weighted by Crippen LogP contribution is -2.34. The minimum absolute atomic E-state index is 0.176. The standard InChI is InChI=1S/C18H30O4/c1-12(11-18(3,4)5)10-13(2)22-17(21)15-9-7-6-8-14(15)16(19)20/h6-7,12-15H,8-11H2,1-5H3,(H,19,20). The Bertz CT molecular complexity index is 419. The number of aliphatic carboxylic acids is 1. The van der Waals surface area contributed by atoms with E-state index in [9.17, 15) is 14.7 Å². The molecule has 0 aliphatic heterocycles. The van der Waals surface area contributed by atoms with Crippen molar-refractivity contribution in [2.24, 2.45) is 23.2 Å². The Morgan fingerprint density at radius 2 is 1.73 bits per heavy atom. The number of carboxylic acids is 1. The predicted octanol–water partition coefficient (Wildman–Crippen LogP) is 4.05. The van der Waals surface area contributed by atoms with Gasteiger partial charge in [0.2, 0.25) is 0 Å². The Morgan fingerprint density at radius 1 is 1.18 bits per heavy atom. The third kappa shape index (κ3) is 6.20. The SMILES string of the molecule is CC(CC(C)OC(=O)C1CC=CCC1C(=O)O)CC(C)(C)C. The number of ether oxygens (including phenoxy) is 1. The van der Waals surface area contributed by atoms with Crippen LogP contribution < -0.4 is 0 Å². The fourth-order valence-corrected chi connectivity index (χ4v) is 3.38. The van der Waals surface area contributed by atoms with Crippen molar-refractivity contribution in [2.45, 2.75) is 66.4 Å². The smallest absolute Gasteiger partial charge is 0.310 e. The summed E-state index contributed by atoms with van der Waals surface area (Å²) in [6.45, 7) is 10.7. The molecule has 4 unspecified atom stereocenters. The van der Waals surface area contributed by atoms with Crippen LogP contribution in [0.15, 0.2) is 12.2 Å². The first-order chi connectivity index (χ1) is 10.1. The molecule has 0 saturated heterocycles. The topological polar surface area (TPSA) is 63.6 Å². The predicted molar refractivity (Wildman–Crippen MR) is 86.4 cm³/mol. The van der Waals surface area contributed by atoms with Crippen molar-refractivity contribution in [3.05, 3.63) is 12.2 Å². The van der Waals surface area contributed by atoms with Crippen LogP contribution in [0.5, 0.6) is 0 Å². The quantitative estimate of drug-likeness (QED) is 0.594. The molecule has 0 aromatic carbocycles. The lowest BCUT2D eigenvalue weighted by Gasteiger charge is -2.28. The number of carbonyl (C=O) groups excluding carboxylic acids is 1. The average Bonchev–Trinajstić information content (AvgIpc) is 2.35. The van der Waals surface area contributed by atoms with E-state index in [1.54, 1.807) is 0 Å². The van der Waals surface area contributed by atoms with Crippen LogP contribution in [0, 0.1) is 23.2 Å². The second kappa shape index (κ2) is 7.80. The first kappa shape index (κ1) is 18.7. The molecule has 0 saturated carbocycles. The lowest BCUT2D eigenvalue weighted by molar-refractivity contribution is -0.161. The molecule has 0 aromatic rings. The number of esters is 1. The highest BCUT2D eigenvalue weighted by Crippen LogP contribution is 2.30. The molecule has 1 aliphatic carbocycles. The van der Waals surface area contributed by atoms with Crippen LogP contribution in [-0.4, -0.2) is 23.1 Å². The summed E-state index contributed by atoms with van der Waals surface area (Å²) in [5.41, 5.74) is 0.256. The van der Waals surface area contributed by atoms with E-state index >= 15 is 0 Å². The van der Waals surface area contributed by atoms with Gasteiger partial charge in [-0.25, -0.2) is 0 Å². The number of hydrogen-bond donors (Lipinski definition) is 1. The van der Waals surface area contributed by atoms with E-state index in [1.165, 1.54) is 0 Å². The summed E-state index contributed by atoms with van der Waals surface area (Å²) in [5.74, 6) is -2.03. The summed E-state index contributed by atoms with van der Waals surface area (Å²) >= 11 is 0. The van der Waals surface area contributed by atoms with Gasteiger partial charge in [0.15, 0.2) is 0 Å². The highest BCUT2D eigenvalue weighted by Gasteiger charge is 2.35. The molecule has 0 spiro atoms. The van der Waals surface area contributed by atoms with Gasteiger partial charge >= 0.3 is 11.9 Å². The van der Waals surface area contributed by atoms with Crippen molar-refractivity contribution in [1.82, 2.24) is 0 Å². The molecule has 4 heteroatoms. The van der Waals surface area contributed by atoms with Gasteiger partial charge in [0.25, 0.3) is 0 Å². The van der Waals surface area contributed by atoms with E-state index in [2.05, 4.69) is 27.7 Å². The minimum atomic E-state index is -0.917. The second-order valence-electron chi connectivity index (χ2n) is 7.85. The minimum Gasteiger partial charge on any atom is -0.481 e. The summed E-state index contributed by atoms with van der Waals surface area (Å²) in [6, 6.07) is 0. The van der Waals surface area contributed by atoms with E-state index in [-0.39, 0.29) is 17.5 Å². The van der Waals surface area contributed by atoms with Crippen molar-refractivity contribution in [2.75, 3.05) is 0 Å². The van der Waals surface area contributed by atoms with Crippen molar-refractivity contribution < 1.29 is 19.4 Å². The van der Waals surface area contributed by atoms with E-state index in [0.717, 1.165) is 12.8 Å². The largest absolute Gasteiger partial charge is 0.481 e. The fraction of sp³-hybridized carbons (Fsp3) is 0.778. The third-order valence-electron chi connectivity index (χ3n) is 4.06. The van der Waals surface area contributed by atoms with Crippen LogP contribution >= 0.6 is 0 Å². The number of hydrogen-bond acceptors (Lipinski definition) is 3. The first-order valence-corrected chi connectivity index (χ1v) is 8.18. The third-order valence-corrected chi connectivity index (χ3v) is 4.06. The van der Waals surface area contributed by atoms with Crippen LogP contribution in [-0.2, 0) is 14.3 Å². The normalized spacial score (nSPS) is 24.6. The van der Waals surface area contributed by atoms with Gasteiger partial charge in [0, 0.05) is 0 Å². The Morgan fingerprint density at radius 3 is 2.23 bits per heavy atom. The zero-order valence-electron chi connectivity index (χ0n) is 14.5. The van der Waals surface area contributed by atoms with Crippen LogP contribution in [0.1, 0.15) is 60.3 Å². The van der Waals surface area contributed by atoms with Crippen LogP contribution in [0.4, 0.5) is 0 Å². The van der Waals surface area contributed by atoms with Crippen molar-refractivity contribution in [1.29, 1.82) is 0 Å². The monoisotopic (exact) mass is 310 g/mol. The molecule has 0 bridgehead atoms. The molecule has 0 aromatic heterocycles. The molecule has 0 amide bonds. The molecule has 1 rings (SSSR count). The maximum atomic E-state index is 12.3. The molecular formula is C18H30O4. The van der Waals surface area contributed by atoms with E-state index < -0.39 is 17.8 Å². The molecule has 126 valence electrons. The van der Waals surface area contributed by atoms with E-state index in [1.807, 2.05) is 19.1 Å². The lowest BCUT2D eigenvalue weighted by atomic mass is 9.82. The average molecular weight is 310 g/mol. The molecule has 4 atom stereocenters. The summed E-state index contributed by atoms with van der Waals surface area (Å²) in [7, 11) is 0. The summed E-state index contributed by atoms with van der Waals surface area (Å²) < 4.78 is 5.52. The van der Waals surface area contributed by atoms with Gasteiger partial charge in [-0.15, -0.1) is 0 Å². The second-order valence-corrected chi connectivity index (χ2v) is 7.85. The Labute approximate surface area is 133 Å². The Kier molecular flexibility index (Phi) is 6.64. The molecule has 22 heavy (non-hydrogen) atoms. The van der Waals surface area contributed by atoms with Crippen molar-refractivity contribution in [3.63, 3.8) is 0 Å². The van der Waals surface area contributed by atoms with Gasteiger partial charge in [-0.3, -0.25) is 9.59 Å². The van der Waals surface area contributed by atoms with E-state index in [4.69, 9.17) is 4.74 Å². The maximum absolute atomic E-state index is 12.3. The molecule has 0 radical (unpaired) electrons. The number of carboxylic acid groups (broad SMARTS) is 1. The molecule has 0 fully saturated rings. The van der Waals surface area contributed by atoms with Crippen LogP contribution in [0.2, 0.25) is 0 Å². The van der Waals surface area contributed by atoms with Crippen molar-refractivity contribution >= 4 is 11.9 Å². The van der Waals surface area contributed by atoms with Gasteiger partial charge in [-0.05, 0) is 43.9 Å². The Balaban J connectivity index is 2.53. The fourth-order valence-electron chi connectivity index (χ4n) is 3.38. The van der Waals surface area contributed by atoms with Crippen LogP contribution in [0.3, 0.4) is 0 Å². The number of rotatable bonds is 6. The highest BCUT2D eigenvalue weighted by atomic mass is 16.5. The van der Waals surface area contributed by atoms with Crippen molar-refractivity contribution in [3.8, 4) is 0 Å². The maximum Gasteiger partial charge on any atom is 0.310 e. The van der Waals surface area contributed by atoms with Gasteiger partial charge < -0.3 is 9.84 Å². The molecule has 4 nitrogen and oxygen atoms in total. The van der Waals surface area contributed by atoms with Crippen LogP contribution in [0.25, 0.3) is 0 Å². The summed E-state index contributed by atoms with van der Waals surface area (Å²) in [5, 5.41) is 9.22. The molecular weight excluding hydrogens is 280 g/mol. The van der Waals surface area contributed by atoms with Gasteiger partial charge in [-0.2, -0.15) is 0 Å². The first-order valence-electron chi connectivity index (χ1n) is 8.18. The van der Waals surface area contributed by atoms with Gasteiger partial charge in [-0.1, -0.05) is 39.8 Å². The van der Waals surface area contributed by atoms with E-state index in [0.29, 0.717) is 18.8 Å². The Hall–Kier alpha value is -1.32. The highest BCUT2D eigenvalue weighted by molar-refractivity contribution is 5.81. The summed E-state index contributed by atoms with van der Waals surface area (Å²) in [4.78, 5) is 23.5. The zero-order chi connectivity index (χ0) is 16.9. The summed E-state index contributed by atoms with van der Waals surface area (Å²) in [6.07, 6.45) is 6.27.